The molecule has 3 aromatic carbocycles. The lowest BCUT2D eigenvalue weighted by Crippen LogP contribution is -2.05. The Kier molecular flexibility index (Phi) is 6.73. The summed E-state index contributed by atoms with van der Waals surface area (Å²) in [6.45, 7) is 0. The number of ether oxygens (including phenoxy) is 1. The van der Waals surface area contributed by atoms with Crippen molar-refractivity contribution in [2.45, 2.75) is 10.6 Å². The molecule has 0 saturated carbocycles. The van der Waals surface area contributed by atoms with Crippen molar-refractivity contribution >= 4 is 43.8 Å². The van der Waals surface area contributed by atoms with E-state index < -0.39 is 15.7 Å². The molecule has 37 heavy (non-hydrogen) atoms. The molecule has 2 aromatic heterocycles. The molecule has 0 aliphatic rings. The Bertz CT molecular complexity index is 1730. The number of nitrogens with zero attached hydrogens (tertiary/aromatic N) is 3. The monoisotopic (exact) mass is 534 g/mol. The van der Waals surface area contributed by atoms with Crippen LogP contribution < -0.4 is 10.1 Å². The van der Waals surface area contributed by atoms with Gasteiger partial charge < -0.3 is 10.1 Å². The number of aromatic nitrogens is 3. The van der Waals surface area contributed by atoms with E-state index in [4.69, 9.17) is 16.3 Å². The van der Waals surface area contributed by atoms with Gasteiger partial charge in [-0.25, -0.2) is 22.8 Å². The predicted molar refractivity (Wildman–Crippen MR) is 141 cm³/mol. The number of sulfone groups is 1. The zero-order valence-corrected chi connectivity index (χ0v) is 21.1. The lowest BCUT2D eigenvalue weighted by atomic mass is 10.0. The Morgan fingerprint density at radius 2 is 1.84 bits per heavy atom. The summed E-state index contributed by atoms with van der Waals surface area (Å²) in [6.07, 6.45) is 4.61. The van der Waals surface area contributed by atoms with E-state index in [1.54, 1.807) is 31.5 Å². The maximum Gasteiger partial charge on any atom is 0.182 e. The lowest BCUT2D eigenvalue weighted by Gasteiger charge is -2.12. The standard InChI is InChI=1S/C27H20ClFN4O3S/c1-36-26-8-6-21(12-24(26)28)33-27-23-10-18(5-7-25(23)31-16-32-27)19-9-17(13-30-14-19)15-37(34,35)22-4-2-3-20(29)11-22/h2-14,16H,15H2,1H3,(H,31,32,33). The molecule has 0 unspecified atom stereocenters. The minimum Gasteiger partial charge on any atom is -0.495 e. The maximum absolute atomic E-state index is 13.6. The van der Waals surface area contributed by atoms with E-state index in [-0.39, 0.29) is 10.6 Å². The van der Waals surface area contributed by atoms with Crippen LogP contribution in [0.3, 0.4) is 0 Å². The molecule has 5 rings (SSSR count). The summed E-state index contributed by atoms with van der Waals surface area (Å²) in [7, 11) is -2.20. The van der Waals surface area contributed by atoms with Crippen LogP contribution in [0.1, 0.15) is 5.56 Å². The Morgan fingerprint density at radius 1 is 0.973 bits per heavy atom. The number of hydrogen-bond acceptors (Lipinski definition) is 7. The smallest absolute Gasteiger partial charge is 0.182 e. The summed E-state index contributed by atoms with van der Waals surface area (Å²) in [5, 5.41) is 4.48. The van der Waals surface area contributed by atoms with Crippen molar-refractivity contribution in [3.8, 4) is 16.9 Å². The van der Waals surface area contributed by atoms with Crippen molar-refractivity contribution < 1.29 is 17.5 Å². The zero-order chi connectivity index (χ0) is 26.0. The Morgan fingerprint density at radius 3 is 2.62 bits per heavy atom. The van der Waals surface area contributed by atoms with Crippen LogP contribution in [0.25, 0.3) is 22.0 Å². The van der Waals surface area contributed by atoms with Crippen molar-refractivity contribution in [2.24, 2.45) is 0 Å². The van der Waals surface area contributed by atoms with E-state index >= 15 is 0 Å². The number of methoxy groups -OCH3 is 1. The van der Waals surface area contributed by atoms with Crippen molar-refractivity contribution in [1.29, 1.82) is 0 Å². The van der Waals surface area contributed by atoms with Crippen LogP contribution >= 0.6 is 11.6 Å². The number of halogens is 2. The molecule has 7 nitrogen and oxygen atoms in total. The van der Waals surface area contributed by atoms with Crippen LogP contribution in [0.15, 0.2) is 90.3 Å². The molecule has 0 aliphatic heterocycles. The summed E-state index contributed by atoms with van der Waals surface area (Å²) in [5.74, 6) is 0.228. The van der Waals surface area contributed by atoms with Gasteiger partial charge in [0.15, 0.2) is 9.84 Å². The van der Waals surface area contributed by atoms with Gasteiger partial charge in [-0.2, -0.15) is 0 Å². The molecule has 2 heterocycles. The number of benzene rings is 3. The Labute approximate surface area is 217 Å². The van der Waals surface area contributed by atoms with Crippen molar-refractivity contribution in [1.82, 2.24) is 15.0 Å². The molecule has 1 N–H and O–H groups in total. The molecule has 0 saturated heterocycles. The highest BCUT2D eigenvalue weighted by atomic mass is 35.5. The van der Waals surface area contributed by atoms with Gasteiger partial charge in [-0.3, -0.25) is 4.98 Å². The minimum atomic E-state index is -3.75. The van der Waals surface area contributed by atoms with Gasteiger partial charge in [-0.15, -0.1) is 0 Å². The fraction of sp³-hybridized carbons (Fsp3) is 0.0741. The number of pyridine rings is 1. The fourth-order valence-corrected chi connectivity index (χ4v) is 5.50. The number of anilines is 2. The summed E-state index contributed by atoms with van der Waals surface area (Å²) < 4.78 is 44.4. The summed E-state index contributed by atoms with van der Waals surface area (Å²) >= 11 is 6.26. The zero-order valence-electron chi connectivity index (χ0n) is 19.5. The van der Waals surface area contributed by atoms with Crippen molar-refractivity contribution in [2.75, 3.05) is 12.4 Å². The Balaban J connectivity index is 1.47. The molecule has 0 amide bonds. The molecule has 0 atom stereocenters. The molecule has 0 aliphatic carbocycles. The van der Waals surface area contributed by atoms with Crippen LogP contribution in [-0.4, -0.2) is 30.5 Å². The number of rotatable bonds is 7. The summed E-state index contributed by atoms with van der Waals surface area (Å²) in [4.78, 5) is 12.9. The number of nitrogens with one attached hydrogen (secondary N) is 1. The van der Waals surface area contributed by atoms with Gasteiger partial charge in [0.2, 0.25) is 0 Å². The van der Waals surface area contributed by atoms with Gasteiger partial charge in [0, 0.05) is 29.0 Å². The first-order valence-corrected chi connectivity index (χ1v) is 13.1. The molecule has 10 heteroatoms. The van der Waals surface area contributed by atoms with Gasteiger partial charge in [-0.1, -0.05) is 23.7 Å². The largest absolute Gasteiger partial charge is 0.495 e. The summed E-state index contributed by atoms with van der Waals surface area (Å²) in [5.41, 5.74) is 3.45. The predicted octanol–water partition coefficient (Wildman–Crippen LogP) is 6.21. The summed E-state index contributed by atoms with van der Waals surface area (Å²) in [6, 6.07) is 17.7. The highest BCUT2D eigenvalue weighted by Crippen LogP contribution is 2.32. The third-order valence-corrected chi connectivity index (χ3v) is 7.67. The topological polar surface area (TPSA) is 94.1 Å². The average Bonchev–Trinajstić information content (AvgIpc) is 2.89. The molecular weight excluding hydrogens is 515 g/mol. The minimum absolute atomic E-state index is 0.0740. The third kappa shape index (κ3) is 5.37. The maximum atomic E-state index is 13.6. The van der Waals surface area contributed by atoms with E-state index in [1.165, 1.54) is 30.7 Å². The van der Waals surface area contributed by atoms with E-state index in [2.05, 4.69) is 20.3 Å². The molecule has 5 aromatic rings. The van der Waals surface area contributed by atoms with Crippen LogP contribution in [0.2, 0.25) is 5.02 Å². The molecule has 0 bridgehead atoms. The van der Waals surface area contributed by atoms with E-state index in [1.807, 2.05) is 24.3 Å². The highest BCUT2D eigenvalue weighted by Gasteiger charge is 2.17. The first kappa shape index (κ1) is 24.6. The van der Waals surface area contributed by atoms with Crippen LogP contribution in [0.5, 0.6) is 5.75 Å². The van der Waals surface area contributed by atoms with Gasteiger partial charge in [0.1, 0.15) is 23.7 Å². The Hall–Kier alpha value is -4.08. The van der Waals surface area contributed by atoms with Gasteiger partial charge >= 0.3 is 0 Å². The van der Waals surface area contributed by atoms with Gasteiger partial charge in [0.25, 0.3) is 0 Å². The van der Waals surface area contributed by atoms with E-state index in [0.29, 0.717) is 22.2 Å². The molecule has 0 fully saturated rings. The number of hydrogen-bond donors (Lipinski definition) is 1. The van der Waals surface area contributed by atoms with Gasteiger partial charge in [-0.05, 0) is 65.7 Å². The van der Waals surface area contributed by atoms with E-state index in [0.717, 1.165) is 33.8 Å². The van der Waals surface area contributed by atoms with Gasteiger partial charge in [0.05, 0.1) is 28.3 Å². The highest BCUT2D eigenvalue weighted by molar-refractivity contribution is 7.90. The quantitative estimate of drug-likeness (QED) is 0.265. The molecule has 0 radical (unpaired) electrons. The van der Waals surface area contributed by atoms with Crippen LogP contribution in [0, 0.1) is 5.82 Å². The lowest BCUT2D eigenvalue weighted by molar-refractivity contribution is 0.415. The van der Waals surface area contributed by atoms with Crippen molar-refractivity contribution in [3.05, 3.63) is 102 Å². The molecule has 0 spiro atoms. The second-order valence-electron chi connectivity index (χ2n) is 8.23. The first-order valence-electron chi connectivity index (χ1n) is 11.1. The second-order valence-corrected chi connectivity index (χ2v) is 10.6. The second kappa shape index (κ2) is 10.1. The van der Waals surface area contributed by atoms with Crippen molar-refractivity contribution in [3.63, 3.8) is 0 Å². The van der Waals surface area contributed by atoms with Crippen LogP contribution in [-0.2, 0) is 15.6 Å². The first-order chi connectivity index (χ1) is 17.8. The third-order valence-electron chi connectivity index (χ3n) is 5.69. The average molecular weight is 535 g/mol. The van der Waals surface area contributed by atoms with E-state index in [9.17, 15) is 12.8 Å². The molecule has 186 valence electrons. The molecular formula is C27H20ClFN4O3S. The normalized spacial score (nSPS) is 11.4. The van der Waals surface area contributed by atoms with Crippen LogP contribution in [0.4, 0.5) is 15.9 Å². The SMILES string of the molecule is COc1ccc(Nc2ncnc3ccc(-c4cncc(CS(=O)(=O)c5cccc(F)c5)c4)cc23)cc1Cl. The number of fused-ring (bicyclic) bond motifs is 1. The fourth-order valence-electron chi connectivity index (χ4n) is 3.90.